The first-order valence-corrected chi connectivity index (χ1v) is 5.43. The van der Waals surface area contributed by atoms with E-state index in [0.717, 1.165) is 13.0 Å². The van der Waals surface area contributed by atoms with Gasteiger partial charge in [-0.15, -0.1) is 0 Å². The molecule has 0 N–H and O–H groups in total. The van der Waals surface area contributed by atoms with E-state index in [9.17, 15) is 0 Å². The molecule has 78 valence electrons. The molecule has 0 saturated carbocycles. The van der Waals surface area contributed by atoms with Gasteiger partial charge in [0, 0.05) is 23.6 Å². The quantitative estimate of drug-likeness (QED) is 0.660. The minimum absolute atomic E-state index is 0.934. The van der Waals surface area contributed by atoms with Gasteiger partial charge in [0.15, 0.2) is 0 Å². The van der Waals surface area contributed by atoms with Crippen molar-refractivity contribution in [3.63, 3.8) is 0 Å². The van der Waals surface area contributed by atoms with Crippen LogP contribution >= 0.6 is 0 Å². The first kappa shape index (κ1) is 10.0. The molecule has 0 atom stereocenters. The van der Waals surface area contributed by atoms with E-state index in [2.05, 4.69) is 55.5 Å². The van der Waals surface area contributed by atoms with E-state index >= 15 is 0 Å². The Morgan fingerprint density at radius 1 is 1.33 bits per heavy atom. The molecule has 2 rings (SSSR count). The molecule has 2 aromatic rings. The first-order chi connectivity index (χ1) is 7.22. The van der Waals surface area contributed by atoms with Crippen LogP contribution in [0.4, 0.5) is 0 Å². The second-order valence-electron chi connectivity index (χ2n) is 4.05. The average Bonchev–Trinajstić information content (AvgIpc) is 2.63. The number of rotatable bonds is 3. The molecule has 1 heteroatoms. The van der Waals surface area contributed by atoms with Crippen LogP contribution in [0.3, 0.4) is 0 Å². The third-order valence-electron chi connectivity index (χ3n) is 2.93. The SMILES string of the molecule is C=C(CC)Cn1ccc2c(C)cccc21. The van der Waals surface area contributed by atoms with E-state index in [0.29, 0.717) is 0 Å². The molecule has 0 fully saturated rings. The summed E-state index contributed by atoms with van der Waals surface area (Å²) in [4.78, 5) is 0. The number of allylic oxidation sites excluding steroid dienone is 1. The van der Waals surface area contributed by atoms with Crippen LogP contribution < -0.4 is 0 Å². The number of aryl methyl sites for hydroxylation is 1. The highest BCUT2D eigenvalue weighted by atomic mass is 14.9. The molecule has 0 aliphatic carbocycles. The van der Waals surface area contributed by atoms with Crippen LogP contribution in [0.2, 0.25) is 0 Å². The van der Waals surface area contributed by atoms with Crippen molar-refractivity contribution in [2.45, 2.75) is 26.8 Å². The fourth-order valence-electron chi connectivity index (χ4n) is 1.87. The zero-order valence-electron chi connectivity index (χ0n) is 9.46. The Morgan fingerprint density at radius 3 is 2.87 bits per heavy atom. The molecule has 0 bridgehead atoms. The van der Waals surface area contributed by atoms with E-state index in [1.54, 1.807) is 0 Å². The second-order valence-corrected chi connectivity index (χ2v) is 4.05. The summed E-state index contributed by atoms with van der Waals surface area (Å²) in [5, 5.41) is 1.35. The van der Waals surface area contributed by atoms with E-state index in [-0.39, 0.29) is 0 Å². The van der Waals surface area contributed by atoms with Crippen molar-refractivity contribution in [3.8, 4) is 0 Å². The van der Waals surface area contributed by atoms with E-state index in [1.807, 2.05) is 0 Å². The Hall–Kier alpha value is -1.50. The van der Waals surface area contributed by atoms with Gasteiger partial charge in [-0.1, -0.05) is 31.2 Å². The van der Waals surface area contributed by atoms with Gasteiger partial charge in [-0.2, -0.15) is 0 Å². The first-order valence-electron chi connectivity index (χ1n) is 5.43. The number of fused-ring (bicyclic) bond motifs is 1. The molecule has 0 saturated heterocycles. The number of hydrogen-bond donors (Lipinski definition) is 0. The molecule has 0 radical (unpaired) electrons. The summed E-state index contributed by atoms with van der Waals surface area (Å²) in [6.45, 7) is 9.30. The van der Waals surface area contributed by atoms with Crippen LogP contribution in [0.25, 0.3) is 10.9 Å². The highest BCUT2D eigenvalue weighted by Gasteiger charge is 2.02. The molecule has 1 aromatic heterocycles. The highest BCUT2D eigenvalue weighted by molar-refractivity contribution is 5.83. The molecule has 0 amide bonds. The molecule has 15 heavy (non-hydrogen) atoms. The number of hydrogen-bond acceptors (Lipinski definition) is 0. The molecular weight excluding hydrogens is 182 g/mol. The molecular formula is C14H17N. The Kier molecular flexibility index (Phi) is 2.63. The van der Waals surface area contributed by atoms with Crippen molar-refractivity contribution in [2.24, 2.45) is 0 Å². The smallest absolute Gasteiger partial charge is 0.0485 e. The van der Waals surface area contributed by atoms with Gasteiger partial charge in [0.05, 0.1) is 0 Å². The number of nitrogens with zero attached hydrogens (tertiary/aromatic N) is 1. The van der Waals surface area contributed by atoms with Gasteiger partial charge in [-0.25, -0.2) is 0 Å². The summed E-state index contributed by atoms with van der Waals surface area (Å²) in [6.07, 6.45) is 3.20. The van der Waals surface area contributed by atoms with Gasteiger partial charge in [0.1, 0.15) is 0 Å². The topological polar surface area (TPSA) is 4.93 Å². The summed E-state index contributed by atoms with van der Waals surface area (Å²) in [6, 6.07) is 8.63. The Bertz CT molecular complexity index is 491. The van der Waals surface area contributed by atoms with Crippen LogP contribution in [-0.2, 0) is 6.54 Å². The summed E-state index contributed by atoms with van der Waals surface area (Å²) in [7, 11) is 0. The molecule has 1 nitrogen and oxygen atoms in total. The van der Waals surface area contributed by atoms with Crippen molar-refractivity contribution in [1.82, 2.24) is 4.57 Å². The molecule has 1 heterocycles. The molecule has 0 unspecified atom stereocenters. The maximum Gasteiger partial charge on any atom is 0.0485 e. The lowest BCUT2D eigenvalue weighted by atomic mass is 10.1. The molecule has 0 aliphatic heterocycles. The van der Waals surface area contributed by atoms with E-state index in [1.165, 1.54) is 22.0 Å². The third-order valence-corrected chi connectivity index (χ3v) is 2.93. The fraction of sp³-hybridized carbons (Fsp3) is 0.286. The zero-order valence-corrected chi connectivity index (χ0v) is 9.46. The second kappa shape index (κ2) is 3.93. The van der Waals surface area contributed by atoms with Crippen molar-refractivity contribution in [2.75, 3.05) is 0 Å². The van der Waals surface area contributed by atoms with Crippen LogP contribution in [0, 0.1) is 6.92 Å². The van der Waals surface area contributed by atoms with Crippen LogP contribution in [-0.4, -0.2) is 4.57 Å². The minimum atomic E-state index is 0.934. The summed E-state index contributed by atoms with van der Waals surface area (Å²) in [5.41, 5.74) is 3.92. The number of aromatic nitrogens is 1. The molecule has 0 aliphatic rings. The predicted molar refractivity (Wildman–Crippen MR) is 66.1 cm³/mol. The summed E-state index contributed by atoms with van der Waals surface area (Å²) >= 11 is 0. The monoisotopic (exact) mass is 199 g/mol. The van der Waals surface area contributed by atoms with Gasteiger partial charge in [-0.3, -0.25) is 0 Å². The molecule has 1 aromatic carbocycles. The predicted octanol–water partition coefficient (Wildman–Crippen LogP) is 3.92. The Balaban J connectivity index is 2.45. The lowest BCUT2D eigenvalue weighted by Crippen LogP contribution is -1.97. The maximum absolute atomic E-state index is 4.06. The van der Waals surface area contributed by atoms with Gasteiger partial charge < -0.3 is 4.57 Å². The van der Waals surface area contributed by atoms with Crippen molar-refractivity contribution >= 4 is 10.9 Å². The van der Waals surface area contributed by atoms with Crippen LogP contribution in [0.5, 0.6) is 0 Å². The zero-order chi connectivity index (χ0) is 10.8. The lowest BCUT2D eigenvalue weighted by Gasteiger charge is -2.06. The van der Waals surface area contributed by atoms with Crippen molar-refractivity contribution in [3.05, 3.63) is 48.2 Å². The summed E-state index contributed by atoms with van der Waals surface area (Å²) < 4.78 is 2.27. The fourth-order valence-corrected chi connectivity index (χ4v) is 1.87. The molecule has 0 spiro atoms. The normalized spacial score (nSPS) is 10.8. The Morgan fingerprint density at radius 2 is 2.13 bits per heavy atom. The van der Waals surface area contributed by atoms with Gasteiger partial charge in [0.2, 0.25) is 0 Å². The van der Waals surface area contributed by atoms with E-state index < -0.39 is 0 Å². The summed E-state index contributed by atoms with van der Waals surface area (Å²) in [5.74, 6) is 0. The minimum Gasteiger partial charge on any atom is -0.343 e. The largest absolute Gasteiger partial charge is 0.343 e. The van der Waals surface area contributed by atoms with Crippen LogP contribution in [0.15, 0.2) is 42.6 Å². The third kappa shape index (κ3) is 1.82. The van der Waals surface area contributed by atoms with Crippen molar-refractivity contribution < 1.29 is 0 Å². The lowest BCUT2D eigenvalue weighted by molar-refractivity contribution is 0.790. The van der Waals surface area contributed by atoms with Crippen molar-refractivity contribution in [1.29, 1.82) is 0 Å². The highest BCUT2D eigenvalue weighted by Crippen LogP contribution is 2.20. The van der Waals surface area contributed by atoms with Crippen LogP contribution in [0.1, 0.15) is 18.9 Å². The van der Waals surface area contributed by atoms with Gasteiger partial charge in [-0.05, 0) is 31.0 Å². The van der Waals surface area contributed by atoms with Gasteiger partial charge >= 0.3 is 0 Å². The maximum atomic E-state index is 4.06. The standard InChI is InChI=1S/C14H17N/c1-4-11(2)10-15-9-8-13-12(3)6-5-7-14(13)15/h5-9H,2,4,10H2,1,3H3. The Labute approximate surface area is 91.0 Å². The average molecular weight is 199 g/mol. The van der Waals surface area contributed by atoms with E-state index in [4.69, 9.17) is 0 Å². The van der Waals surface area contributed by atoms with Gasteiger partial charge in [0.25, 0.3) is 0 Å². The number of benzene rings is 1.